The van der Waals surface area contributed by atoms with Crippen molar-refractivity contribution in [2.24, 2.45) is 4.99 Å². The molecule has 0 aliphatic carbocycles. The van der Waals surface area contributed by atoms with Gasteiger partial charge in [-0.05, 0) is 70.6 Å². The van der Waals surface area contributed by atoms with Crippen molar-refractivity contribution < 1.29 is 14.3 Å². The van der Waals surface area contributed by atoms with E-state index in [0.29, 0.717) is 26.4 Å². The van der Waals surface area contributed by atoms with Gasteiger partial charge in [-0.15, -0.1) is 11.8 Å². The number of thiazole rings is 1. The van der Waals surface area contributed by atoms with Crippen LogP contribution in [0.2, 0.25) is 0 Å². The summed E-state index contributed by atoms with van der Waals surface area (Å²) in [6, 6.07) is 22.4. The maximum absolute atomic E-state index is 14.0. The number of esters is 1. The lowest BCUT2D eigenvalue weighted by Crippen LogP contribution is -2.40. The summed E-state index contributed by atoms with van der Waals surface area (Å²) in [6.07, 6.45) is 3.84. The first-order valence-corrected chi connectivity index (χ1v) is 15.0. The van der Waals surface area contributed by atoms with Crippen LogP contribution in [0.5, 0.6) is 5.75 Å². The number of thioether (sulfide) groups is 1. The van der Waals surface area contributed by atoms with E-state index in [-0.39, 0.29) is 12.2 Å². The molecule has 6 nitrogen and oxygen atoms in total. The van der Waals surface area contributed by atoms with Gasteiger partial charge < -0.3 is 9.47 Å². The van der Waals surface area contributed by atoms with Crippen LogP contribution in [0.15, 0.2) is 97.5 Å². The summed E-state index contributed by atoms with van der Waals surface area (Å²) in [5, 5.41) is 0. The fourth-order valence-electron chi connectivity index (χ4n) is 4.47. The first-order chi connectivity index (χ1) is 18.9. The Morgan fingerprint density at radius 1 is 1.13 bits per heavy atom. The van der Waals surface area contributed by atoms with E-state index in [2.05, 4.69) is 15.9 Å². The molecule has 3 aromatic carbocycles. The summed E-state index contributed by atoms with van der Waals surface area (Å²) in [7, 11) is 1.61. The molecule has 1 aromatic heterocycles. The maximum atomic E-state index is 14.0. The van der Waals surface area contributed by atoms with E-state index in [1.165, 1.54) is 11.3 Å². The average molecular weight is 622 g/mol. The molecule has 0 amide bonds. The van der Waals surface area contributed by atoms with Gasteiger partial charge in [0.05, 0.1) is 40.0 Å². The lowest BCUT2D eigenvalue weighted by atomic mass is 9.93. The van der Waals surface area contributed by atoms with Crippen LogP contribution in [-0.2, 0) is 9.53 Å². The van der Waals surface area contributed by atoms with Crippen molar-refractivity contribution in [2.75, 3.05) is 20.0 Å². The van der Waals surface area contributed by atoms with Crippen molar-refractivity contribution in [2.45, 2.75) is 17.9 Å². The summed E-state index contributed by atoms with van der Waals surface area (Å²) >= 11 is 6.44. The zero-order valence-electron chi connectivity index (χ0n) is 21.5. The highest BCUT2D eigenvalue weighted by Gasteiger charge is 2.35. The summed E-state index contributed by atoms with van der Waals surface area (Å²) in [6.45, 7) is 1.98. The van der Waals surface area contributed by atoms with E-state index in [1.807, 2.05) is 85.1 Å². The lowest BCUT2D eigenvalue weighted by Gasteiger charge is -2.26. The number of rotatable bonds is 7. The van der Waals surface area contributed by atoms with Gasteiger partial charge in [0.2, 0.25) is 0 Å². The van der Waals surface area contributed by atoms with Crippen molar-refractivity contribution in [1.82, 2.24) is 4.57 Å². The molecular weight excluding hydrogens is 596 g/mol. The molecule has 9 heteroatoms. The number of nitrogens with zero attached hydrogens (tertiary/aromatic N) is 2. The molecule has 198 valence electrons. The van der Waals surface area contributed by atoms with Crippen molar-refractivity contribution in [3.05, 3.63) is 119 Å². The Bertz CT molecular complexity index is 1740. The highest BCUT2D eigenvalue weighted by molar-refractivity contribution is 9.10. The molecule has 0 saturated carbocycles. The molecule has 1 atom stereocenters. The minimum absolute atomic E-state index is 0.208. The highest BCUT2D eigenvalue weighted by Crippen LogP contribution is 2.35. The van der Waals surface area contributed by atoms with E-state index in [4.69, 9.17) is 14.5 Å². The van der Waals surface area contributed by atoms with Crippen molar-refractivity contribution in [3.63, 3.8) is 0 Å². The number of benzene rings is 3. The van der Waals surface area contributed by atoms with E-state index in [0.717, 1.165) is 26.1 Å². The summed E-state index contributed by atoms with van der Waals surface area (Å²) in [4.78, 5) is 34.0. The summed E-state index contributed by atoms with van der Waals surface area (Å²) in [5.74, 6) is 0.210. The maximum Gasteiger partial charge on any atom is 0.338 e. The number of aromatic nitrogens is 1. The third kappa shape index (κ3) is 5.39. The monoisotopic (exact) mass is 620 g/mol. The van der Waals surface area contributed by atoms with Crippen LogP contribution < -0.4 is 19.6 Å². The highest BCUT2D eigenvalue weighted by atomic mass is 79.9. The Morgan fingerprint density at radius 3 is 2.51 bits per heavy atom. The average Bonchev–Trinajstić information content (AvgIpc) is 3.27. The van der Waals surface area contributed by atoms with Crippen molar-refractivity contribution >= 4 is 56.8 Å². The van der Waals surface area contributed by atoms with Crippen LogP contribution in [0.4, 0.5) is 0 Å². The van der Waals surface area contributed by atoms with Crippen LogP contribution in [0.1, 0.15) is 29.7 Å². The molecule has 0 unspecified atom stereocenters. The Balaban J connectivity index is 1.79. The largest absolute Gasteiger partial charge is 0.496 e. The topological polar surface area (TPSA) is 69.9 Å². The minimum Gasteiger partial charge on any atom is -0.496 e. The van der Waals surface area contributed by atoms with Gasteiger partial charge in [-0.1, -0.05) is 59.9 Å². The number of carbonyl (C=O) groups is 1. The van der Waals surface area contributed by atoms with E-state index in [9.17, 15) is 9.59 Å². The number of fused-ring (bicyclic) bond motifs is 1. The zero-order chi connectivity index (χ0) is 27.5. The number of hydrogen-bond acceptors (Lipinski definition) is 7. The molecule has 5 rings (SSSR count). The first-order valence-electron chi connectivity index (χ1n) is 12.2. The first kappa shape index (κ1) is 27.2. The van der Waals surface area contributed by atoms with Gasteiger partial charge >= 0.3 is 5.97 Å². The van der Waals surface area contributed by atoms with Crippen molar-refractivity contribution in [1.29, 1.82) is 0 Å². The predicted molar refractivity (Wildman–Crippen MR) is 160 cm³/mol. The second-order valence-electron chi connectivity index (χ2n) is 8.60. The summed E-state index contributed by atoms with van der Waals surface area (Å²) in [5.41, 5.74) is 3.04. The van der Waals surface area contributed by atoms with Gasteiger partial charge in [-0.2, -0.15) is 0 Å². The molecule has 0 spiro atoms. The second kappa shape index (κ2) is 11.8. The minimum atomic E-state index is -0.698. The Morgan fingerprint density at radius 2 is 1.87 bits per heavy atom. The van der Waals surface area contributed by atoms with E-state index < -0.39 is 12.0 Å². The number of methoxy groups -OCH3 is 1. The molecule has 0 radical (unpaired) electrons. The van der Waals surface area contributed by atoms with Crippen LogP contribution in [0.3, 0.4) is 0 Å². The lowest BCUT2D eigenvalue weighted by molar-refractivity contribution is -0.138. The number of ether oxygens (including phenoxy) is 2. The molecule has 39 heavy (non-hydrogen) atoms. The third-order valence-corrected chi connectivity index (χ3v) is 8.63. The summed E-state index contributed by atoms with van der Waals surface area (Å²) < 4.78 is 13.8. The van der Waals surface area contributed by atoms with Gasteiger partial charge in [0, 0.05) is 10.5 Å². The molecule has 1 aliphatic heterocycles. The molecule has 2 heterocycles. The smallest absolute Gasteiger partial charge is 0.338 e. The van der Waals surface area contributed by atoms with Gasteiger partial charge in [0.25, 0.3) is 5.56 Å². The molecule has 4 aromatic rings. The van der Waals surface area contributed by atoms with E-state index >= 15 is 0 Å². The normalized spacial score (nSPS) is 15.1. The fraction of sp³-hybridized carbons (Fsp3) is 0.167. The molecule has 1 aliphatic rings. The molecule has 0 fully saturated rings. The molecule has 0 saturated heterocycles. The van der Waals surface area contributed by atoms with Gasteiger partial charge in [-0.25, -0.2) is 9.79 Å². The Labute approximate surface area is 242 Å². The standard InChI is InChI=1S/C30H25BrN2O4S2/c1-4-37-29(35)25-26(19-8-6-5-7-9-19)32-30-33(27(25)20-11-13-21(38-3)14-12-20)28(34)24(39-30)17-18-10-15-23(36-2)22(31)16-18/h5-17,27H,4H2,1-3H3/b24-17-/t27-/m0/s1. The van der Waals surface area contributed by atoms with Crippen LogP contribution in [-0.4, -0.2) is 30.5 Å². The fourth-order valence-corrected chi connectivity index (χ4v) is 6.43. The van der Waals surface area contributed by atoms with Crippen molar-refractivity contribution in [3.8, 4) is 5.75 Å². The Kier molecular flexibility index (Phi) is 8.20. The SMILES string of the molecule is CCOC(=O)C1=C(c2ccccc2)N=c2s/c(=C\c3ccc(OC)c(Br)c3)c(=O)n2[C@H]1c1ccc(SC)cc1. The van der Waals surface area contributed by atoms with Gasteiger partial charge in [0.1, 0.15) is 5.75 Å². The molecular formula is C30H25BrN2O4S2. The second-order valence-corrected chi connectivity index (χ2v) is 11.3. The predicted octanol–water partition coefficient (Wildman–Crippen LogP) is 5.43. The zero-order valence-corrected chi connectivity index (χ0v) is 24.7. The van der Waals surface area contributed by atoms with Crippen LogP contribution in [0.25, 0.3) is 11.8 Å². The van der Waals surface area contributed by atoms with Gasteiger partial charge in [-0.3, -0.25) is 9.36 Å². The number of halogens is 1. The number of hydrogen-bond donors (Lipinski definition) is 0. The Hall–Kier alpha value is -3.40. The van der Waals surface area contributed by atoms with Crippen LogP contribution in [0, 0.1) is 0 Å². The van der Waals surface area contributed by atoms with Crippen LogP contribution >= 0.6 is 39.0 Å². The third-order valence-electron chi connectivity index (χ3n) is 6.28. The number of carbonyl (C=O) groups excluding carboxylic acids is 1. The van der Waals surface area contributed by atoms with E-state index in [1.54, 1.807) is 30.4 Å². The molecule has 0 bridgehead atoms. The molecule has 0 N–H and O–H groups in total. The quantitative estimate of drug-likeness (QED) is 0.204. The van der Waals surface area contributed by atoms with Gasteiger partial charge in [0.15, 0.2) is 4.80 Å².